The van der Waals surface area contributed by atoms with E-state index in [1.54, 1.807) is 0 Å². The van der Waals surface area contributed by atoms with Gasteiger partial charge in [0, 0.05) is 13.1 Å². The van der Waals surface area contributed by atoms with Gasteiger partial charge in [0.05, 0.1) is 13.1 Å². The van der Waals surface area contributed by atoms with Crippen LogP contribution < -0.4 is 0 Å². The second-order valence-electron chi connectivity index (χ2n) is 7.72. The van der Waals surface area contributed by atoms with Gasteiger partial charge in [-0.3, -0.25) is 9.69 Å². The van der Waals surface area contributed by atoms with Crippen molar-refractivity contribution in [3.8, 4) is 0 Å². The maximum Gasteiger partial charge on any atom is 0.242 e. The SMILES string of the molecule is Cc1nnc2n1CC(C(=O)N1CC=C(C(C)(C)C)CC1)N(C)C2. The van der Waals surface area contributed by atoms with Crippen LogP contribution in [0.3, 0.4) is 0 Å². The summed E-state index contributed by atoms with van der Waals surface area (Å²) in [4.78, 5) is 17.0. The van der Waals surface area contributed by atoms with E-state index in [1.807, 2.05) is 18.9 Å². The molecule has 0 radical (unpaired) electrons. The van der Waals surface area contributed by atoms with E-state index in [2.05, 4.69) is 46.5 Å². The minimum Gasteiger partial charge on any atom is -0.337 e. The average molecular weight is 317 g/mol. The lowest BCUT2D eigenvalue weighted by atomic mass is 9.83. The van der Waals surface area contributed by atoms with Crippen LogP contribution in [0.15, 0.2) is 11.6 Å². The van der Waals surface area contributed by atoms with Gasteiger partial charge in [-0.1, -0.05) is 32.4 Å². The van der Waals surface area contributed by atoms with Crippen molar-refractivity contribution in [2.45, 2.75) is 53.2 Å². The molecule has 2 aliphatic heterocycles. The number of carbonyl (C=O) groups is 1. The number of hydrogen-bond acceptors (Lipinski definition) is 4. The molecule has 0 aromatic carbocycles. The first kappa shape index (κ1) is 16.2. The van der Waals surface area contributed by atoms with Crippen LogP contribution in [-0.4, -0.2) is 56.7 Å². The Morgan fingerprint density at radius 3 is 2.65 bits per heavy atom. The standard InChI is InChI=1S/C17H27N5O/c1-12-18-19-15-11-20(5)14(10-22(12)15)16(23)21-8-6-13(7-9-21)17(2,3)4/h6,14H,7-11H2,1-5H3. The van der Waals surface area contributed by atoms with Crippen molar-refractivity contribution in [3.63, 3.8) is 0 Å². The van der Waals surface area contributed by atoms with Crippen molar-refractivity contribution in [3.05, 3.63) is 23.3 Å². The molecule has 0 saturated heterocycles. The highest BCUT2D eigenvalue weighted by atomic mass is 16.2. The Balaban J connectivity index is 1.72. The number of hydrogen-bond donors (Lipinski definition) is 0. The van der Waals surface area contributed by atoms with Gasteiger partial charge in [-0.25, -0.2) is 0 Å². The maximum atomic E-state index is 13.0. The molecule has 1 aromatic rings. The zero-order chi connectivity index (χ0) is 16.8. The van der Waals surface area contributed by atoms with Crippen LogP contribution in [0.2, 0.25) is 0 Å². The molecule has 1 unspecified atom stereocenters. The first-order chi connectivity index (χ1) is 10.8. The number of rotatable bonds is 1. The van der Waals surface area contributed by atoms with Crippen LogP contribution in [0.4, 0.5) is 0 Å². The Bertz CT molecular complexity index is 640. The summed E-state index contributed by atoms with van der Waals surface area (Å²) >= 11 is 0. The molecule has 1 aromatic heterocycles. The molecular weight excluding hydrogens is 290 g/mol. The number of carbonyl (C=O) groups excluding carboxylic acids is 1. The number of fused-ring (bicyclic) bond motifs is 1. The van der Waals surface area contributed by atoms with E-state index in [1.165, 1.54) is 5.57 Å². The summed E-state index contributed by atoms with van der Waals surface area (Å²) in [6.45, 7) is 11.5. The smallest absolute Gasteiger partial charge is 0.242 e. The van der Waals surface area contributed by atoms with E-state index < -0.39 is 0 Å². The molecular formula is C17H27N5O. The first-order valence-electron chi connectivity index (χ1n) is 8.34. The second-order valence-corrected chi connectivity index (χ2v) is 7.72. The van der Waals surface area contributed by atoms with Gasteiger partial charge in [-0.05, 0) is 25.8 Å². The third-order valence-corrected chi connectivity index (χ3v) is 5.06. The normalized spacial score (nSPS) is 22.7. The fraction of sp³-hybridized carbons (Fsp3) is 0.706. The quantitative estimate of drug-likeness (QED) is 0.738. The zero-order valence-electron chi connectivity index (χ0n) is 14.8. The highest BCUT2D eigenvalue weighted by Gasteiger charge is 2.34. The number of aryl methyl sites for hydroxylation is 1. The summed E-state index contributed by atoms with van der Waals surface area (Å²) in [5.41, 5.74) is 1.65. The second kappa shape index (κ2) is 5.74. The van der Waals surface area contributed by atoms with Crippen LogP contribution in [0.5, 0.6) is 0 Å². The Hall–Kier alpha value is -1.69. The predicted octanol–water partition coefficient (Wildman–Crippen LogP) is 1.61. The Labute approximate surface area is 138 Å². The monoisotopic (exact) mass is 317 g/mol. The number of nitrogens with zero attached hydrogens (tertiary/aromatic N) is 5. The number of likely N-dealkylation sites (N-methyl/N-ethyl adjacent to an activating group) is 1. The van der Waals surface area contributed by atoms with Crippen molar-refractivity contribution in [1.29, 1.82) is 0 Å². The predicted molar refractivity (Wildman–Crippen MR) is 88.7 cm³/mol. The lowest BCUT2D eigenvalue weighted by molar-refractivity contribution is -0.137. The summed E-state index contributed by atoms with van der Waals surface area (Å²) in [5, 5.41) is 8.31. The molecule has 0 aliphatic carbocycles. The van der Waals surface area contributed by atoms with E-state index in [9.17, 15) is 4.79 Å². The van der Waals surface area contributed by atoms with Crippen molar-refractivity contribution < 1.29 is 4.79 Å². The molecule has 0 N–H and O–H groups in total. The minimum absolute atomic E-state index is 0.123. The van der Waals surface area contributed by atoms with Crippen LogP contribution >= 0.6 is 0 Å². The van der Waals surface area contributed by atoms with Crippen LogP contribution in [-0.2, 0) is 17.9 Å². The molecule has 126 valence electrons. The first-order valence-corrected chi connectivity index (χ1v) is 8.34. The Morgan fingerprint density at radius 2 is 2.04 bits per heavy atom. The molecule has 0 saturated carbocycles. The number of aromatic nitrogens is 3. The zero-order valence-corrected chi connectivity index (χ0v) is 14.8. The van der Waals surface area contributed by atoms with E-state index in [4.69, 9.17) is 0 Å². The van der Waals surface area contributed by atoms with Gasteiger partial charge in [0.15, 0.2) is 0 Å². The van der Waals surface area contributed by atoms with Gasteiger partial charge in [-0.2, -0.15) is 0 Å². The molecule has 6 nitrogen and oxygen atoms in total. The van der Waals surface area contributed by atoms with Crippen molar-refractivity contribution in [2.75, 3.05) is 20.1 Å². The minimum atomic E-state index is -0.123. The van der Waals surface area contributed by atoms with Crippen molar-refractivity contribution in [1.82, 2.24) is 24.6 Å². The summed E-state index contributed by atoms with van der Waals surface area (Å²) < 4.78 is 2.07. The largest absolute Gasteiger partial charge is 0.337 e. The third-order valence-electron chi connectivity index (χ3n) is 5.06. The van der Waals surface area contributed by atoms with Crippen molar-refractivity contribution >= 4 is 5.91 Å². The van der Waals surface area contributed by atoms with Gasteiger partial charge in [0.1, 0.15) is 17.7 Å². The van der Waals surface area contributed by atoms with Gasteiger partial charge < -0.3 is 9.47 Å². The molecule has 3 rings (SSSR count). The van der Waals surface area contributed by atoms with Gasteiger partial charge in [-0.15, -0.1) is 10.2 Å². The highest BCUT2D eigenvalue weighted by Crippen LogP contribution is 2.30. The van der Waals surface area contributed by atoms with E-state index in [0.29, 0.717) is 13.1 Å². The molecule has 0 spiro atoms. The van der Waals surface area contributed by atoms with Crippen molar-refractivity contribution in [2.24, 2.45) is 5.41 Å². The molecule has 1 amide bonds. The summed E-state index contributed by atoms with van der Waals surface area (Å²) in [5.74, 6) is 2.05. The van der Waals surface area contributed by atoms with E-state index in [0.717, 1.165) is 31.2 Å². The summed E-state index contributed by atoms with van der Waals surface area (Å²) in [7, 11) is 2.00. The molecule has 3 heterocycles. The van der Waals surface area contributed by atoms with E-state index >= 15 is 0 Å². The molecule has 1 atom stereocenters. The summed E-state index contributed by atoms with van der Waals surface area (Å²) in [6.07, 6.45) is 3.21. The molecule has 0 bridgehead atoms. The van der Waals surface area contributed by atoms with Crippen LogP contribution in [0, 0.1) is 12.3 Å². The maximum absolute atomic E-state index is 13.0. The Kier molecular flexibility index (Phi) is 4.04. The van der Waals surface area contributed by atoms with Gasteiger partial charge in [0.2, 0.25) is 5.91 Å². The fourth-order valence-electron chi connectivity index (χ4n) is 3.45. The average Bonchev–Trinajstić information content (AvgIpc) is 2.85. The van der Waals surface area contributed by atoms with Crippen LogP contribution in [0.1, 0.15) is 38.8 Å². The lowest BCUT2D eigenvalue weighted by Crippen LogP contribution is -2.52. The fourth-order valence-corrected chi connectivity index (χ4v) is 3.45. The third kappa shape index (κ3) is 3.04. The molecule has 0 fully saturated rings. The van der Waals surface area contributed by atoms with Gasteiger partial charge in [0.25, 0.3) is 0 Å². The summed E-state index contributed by atoms with van der Waals surface area (Å²) in [6, 6.07) is -0.123. The highest BCUT2D eigenvalue weighted by molar-refractivity contribution is 5.82. The molecule has 23 heavy (non-hydrogen) atoms. The number of amides is 1. The topological polar surface area (TPSA) is 54.3 Å². The van der Waals surface area contributed by atoms with Gasteiger partial charge >= 0.3 is 0 Å². The molecule has 6 heteroatoms. The van der Waals surface area contributed by atoms with E-state index in [-0.39, 0.29) is 17.4 Å². The van der Waals surface area contributed by atoms with Crippen LogP contribution in [0.25, 0.3) is 0 Å². The molecule has 2 aliphatic rings. The Morgan fingerprint density at radius 1 is 1.30 bits per heavy atom. The lowest BCUT2D eigenvalue weighted by Gasteiger charge is -2.38.